The normalized spacial score (nSPS) is 17.6. The Morgan fingerprint density at radius 2 is 2.32 bits per heavy atom. The highest BCUT2D eigenvalue weighted by Crippen LogP contribution is 2.25. The van der Waals surface area contributed by atoms with Crippen LogP contribution in [0.4, 0.5) is 0 Å². The molecule has 0 fully saturated rings. The van der Waals surface area contributed by atoms with Gasteiger partial charge in [0.25, 0.3) is 0 Å². The van der Waals surface area contributed by atoms with E-state index in [4.69, 9.17) is 4.98 Å². The summed E-state index contributed by atoms with van der Waals surface area (Å²) in [5.41, 5.74) is 2.35. The molecule has 0 aliphatic carbocycles. The van der Waals surface area contributed by atoms with Crippen molar-refractivity contribution in [1.29, 1.82) is 0 Å². The predicted octanol–water partition coefficient (Wildman–Crippen LogP) is 2.88. The van der Waals surface area contributed by atoms with Gasteiger partial charge in [-0.05, 0) is 24.8 Å². The Labute approximate surface area is 137 Å². The molecule has 3 aromatic heterocycles. The van der Waals surface area contributed by atoms with Crippen LogP contribution in [0.15, 0.2) is 22.2 Å². The minimum absolute atomic E-state index is 0.466. The van der Waals surface area contributed by atoms with Crippen LogP contribution in [0.3, 0.4) is 0 Å². The van der Waals surface area contributed by atoms with Crippen LogP contribution in [0.2, 0.25) is 0 Å². The molecule has 0 aromatic carbocycles. The molecule has 5 nitrogen and oxygen atoms in total. The summed E-state index contributed by atoms with van der Waals surface area (Å²) in [4.78, 5) is 4.72. The number of aryl methyl sites for hydroxylation is 2. The molecule has 4 heterocycles. The largest absolute Gasteiger partial charge is 0.314 e. The van der Waals surface area contributed by atoms with Gasteiger partial charge in [-0.1, -0.05) is 0 Å². The SMILES string of the molecule is Cc1nnc2n1C[C@@H](NCc1csc(-c3ccsc3)n1)CC2. The Balaban J connectivity index is 1.38. The summed E-state index contributed by atoms with van der Waals surface area (Å²) >= 11 is 3.43. The minimum Gasteiger partial charge on any atom is -0.314 e. The summed E-state index contributed by atoms with van der Waals surface area (Å²) in [7, 11) is 0. The highest BCUT2D eigenvalue weighted by Gasteiger charge is 2.21. The van der Waals surface area contributed by atoms with Crippen molar-refractivity contribution >= 4 is 22.7 Å². The van der Waals surface area contributed by atoms with Gasteiger partial charge in [-0.3, -0.25) is 0 Å². The first-order valence-corrected chi connectivity index (χ1v) is 9.21. The molecule has 0 unspecified atom stereocenters. The molecule has 0 saturated carbocycles. The molecule has 1 N–H and O–H groups in total. The van der Waals surface area contributed by atoms with Gasteiger partial charge in [-0.25, -0.2) is 4.98 Å². The van der Waals surface area contributed by atoms with E-state index in [1.54, 1.807) is 22.7 Å². The summed E-state index contributed by atoms with van der Waals surface area (Å²) in [5.74, 6) is 2.12. The number of fused-ring (bicyclic) bond motifs is 1. The lowest BCUT2D eigenvalue weighted by Gasteiger charge is -2.24. The van der Waals surface area contributed by atoms with E-state index in [-0.39, 0.29) is 0 Å². The maximum Gasteiger partial charge on any atom is 0.133 e. The average molecular weight is 331 g/mol. The Morgan fingerprint density at radius 1 is 1.36 bits per heavy atom. The molecule has 114 valence electrons. The molecular weight excluding hydrogens is 314 g/mol. The number of thiazole rings is 1. The fraction of sp³-hybridized carbons (Fsp3) is 0.400. The van der Waals surface area contributed by atoms with Crippen molar-refractivity contribution < 1.29 is 0 Å². The quantitative estimate of drug-likeness (QED) is 0.799. The summed E-state index contributed by atoms with van der Waals surface area (Å²) in [6.45, 7) is 3.80. The molecule has 0 spiro atoms. The van der Waals surface area contributed by atoms with Crippen LogP contribution in [0.25, 0.3) is 10.6 Å². The standard InChI is InChI=1S/C15H17N5S2/c1-10-18-19-14-3-2-12(7-20(10)14)16-6-13-9-22-15(17-13)11-4-5-21-8-11/h4-5,8-9,12,16H,2-3,6-7H2,1H3/t12-/m0/s1. The number of rotatable bonds is 4. The van der Waals surface area contributed by atoms with E-state index in [1.807, 2.05) is 6.92 Å². The van der Waals surface area contributed by atoms with Crippen LogP contribution < -0.4 is 5.32 Å². The van der Waals surface area contributed by atoms with Crippen molar-refractivity contribution in [1.82, 2.24) is 25.1 Å². The van der Waals surface area contributed by atoms with Crippen LogP contribution in [-0.2, 0) is 19.5 Å². The summed E-state index contributed by atoms with van der Waals surface area (Å²) in [5, 5.41) is 19.5. The van der Waals surface area contributed by atoms with Crippen LogP contribution >= 0.6 is 22.7 Å². The Bertz CT molecular complexity index is 759. The number of aromatic nitrogens is 4. The molecule has 1 atom stereocenters. The van der Waals surface area contributed by atoms with E-state index in [0.29, 0.717) is 6.04 Å². The maximum atomic E-state index is 4.72. The zero-order chi connectivity index (χ0) is 14.9. The van der Waals surface area contributed by atoms with Gasteiger partial charge in [0, 0.05) is 41.9 Å². The molecule has 1 aliphatic heterocycles. The van der Waals surface area contributed by atoms with Crippen LogP contribution in [-0.4, -0.2) is 25.8 Å². The van der Waals surface area contributed by atoms with Crippen LogP contribution in [0.1, 0.15) is 23.8 Å². The molecular formula is C15H17N5S2. The molecule has 4 rings (SSSR count). The summed E-state index contributed by atoms with van der Waals surface area (Å²) in [6, 6.07) is 2.59. The fourth-order valence-corrected chi connectivity index (χ4v) is 4.32. The zero-order valence-corrected chi connectivity index (χ0v) is 14.0. The molecule has 7 heteroatoms. The van der Waals surface area contributed by atoms with Gasteiger partial charge in [0.2, 0.25) is 0 Å². The zero-order valence-electron chi connectivity index (χ0n) is 12.3. The van der Waals surface area contributed by atoms with E-state index in [0.717, 1.165) is 48.3 Å². The van der Waals surface area contributed by atoms with Crippen LogP contribution in [0.5, 0.6) is 0 Å². The number of hydrogen-bond donors (Lipinski definition) is 1. The van der Waals surface area contributed by atoms with E-state index in [9.17, 15) is 0 Å². The van der Waals surface area contributed by atoms with Gasteiger partial charge in [-0.15, -0.1) is 21.5 Å². The first kappa shape index (κ1) is 14.0. The minimum atomic E-state index is 0.466. The third-order valence-corrected chi connectivity index (χ3v) is 5.65. The summed E-state index contributed by atoms with van der Waals surface area (Å²) in [6.07, 6.45) is 2.11. The Kier molecular flexibility index (Phi) is 3.77. The second-order valence-corrected chi connectivity index (χ2v) is 7.18. The second-order valence-electron chi connectivity index (χ2n) is 5.55. The number of nitrogens with one attached hydrogen (secondary N) is 1. The van der Waals surface area contributed by atoms with Crippen molar-refractivity contribution in [3.8, 4) is 10.6 Å². The first-order chi connectivity index (χ1) is 10.8. The molecule has 0 bridgehead atoms. The first-order valence-electron chi connectivity index (χ1n) is 7.38. The van der Waals surface area contributed by atoms with Crippen molar-refractivity contribution in [2.75, 3.05) is 0 Å². The van der Waals surface area contributed by atoms with Gasteiger partial charge < -0.3 is 9.88 Å². The summed E-state index contributed by atoms with van der Waals surface area (Å²) < 4.78 is 2.22. The third kappa shape index (κ3) is 2.71. The van der Waals surface area contributed by atoms with Gasteiger partial charge in [-0.2, -0.15) is 11.3 Å². The van der Waals surface area contributed by atoms with Crippen molar-refractivity contribution in [3.05, 3.63) is 39.5 Å². The monoisotopic (exact) mass is 331 g/mol. The fourth-order valence-electron chi connectivity index (χ4n) is 2.78. The van der Waals surface area contributed by atoms with Crippen LogP contribution in [0, 0.1) is 6.92 Å². The number of thiophene rings is 1. The molecule has 3 aromatic rings. The van der Waals surface area contributed by atoms with Gasteiger partial charge in [0.05, 0.1) is 5.69 Å². The van der Waals surface area contributed by atoms with E-state index in [1.165, 1.54) is 5.56 Å². The van der Waals surface area contributed by atoms with Crippen molar-refractivity contribution in [3.63, 3.8) is 0 Å². The average Bonchev–Trinajstić information content (AvgIpc) is 3.26. The maximum absolute atomic E-state index is 4.72. The molecule has 0 radical (unpaired) electrons. The highest BCUT2D eigenvalue weighted by molar-refractivity contribution is 7.14. The lowest BCUT2D eigenvalue weighted by atomic mass is 10.1. The van der Waals surface area contributed by atoms with E-state index >= 15 is 0 Å². The smallest absolute Gasteiger partial charge is 0.133 e. The van der Waals surface area contributed by atoms with Crippen molar-refractivity contribution in [2.24, 2.45) is 0 Å². The molecule has 0 saturated heterocycles. The van der Waals surface area contributed by atoms with Gasteiger partial charge in [0.1, 0.15) is 16.7 Å². The van der Waals surface area contributed by atoms with Gasteiger partial charge >= 0.3 is 0 Å². The lowest BCUT2D eigenvalue weighted by molar-refractivity contribution is 0.374. The molecule has 1 aliphatic rings. The van der Waals surface area contributed by atoms with E-state index < -0.39 is 0 Å². The van der Waals surface area contributed by atoms with Crippen molar-refractivity contribution in [2.45, 2.75) is 38.9 Å². The second kappa shape index (κ2) is 5.91. The number of hydrogen-bond acceptors (Lipinski definition) is 6. The number of nitrogens with zero attached hydrogens (tertiary/aromatic N) is 4. The Hall–Kier alpha value is -1.57. The highest BCUT2D eigenvalue weighted by atomic mass is 32.1. The Morgan fingerprint density at radius 3 is 3.18 bits per heavy atom. The third-order valence-electron chi connectivity index (χ3n) is 4.02. The van der Waals surface area contributed by atoms with Gasteiger partial charge in [0.15, 0.2) is 0 Å². The molecule has 22 heavy (non-hydrogen) atoms. The topological polar surface area (TPSA) is 55.6 Å². The lowest BCUT2D eigenvalue weighted by Crippen LogP contribution is -2.37. The molecule has 0 amide bonds. The predicted molar refractivity (Wildman–Crippen MR) is 89.1 cm³/mol. The van der Waals surface area contributed by atoms with E-state index in [2.05, 4.69) is 42.3 Å².